The Balaban J connectivity index is 2.36. The molecule has 1 aromatic carbocycles. The lowest BCUT2D eigenvalue weighted by Gasteiger charge is -2.02. The van der Waals surface area contributed by atoms with Gasteiger partial charge in [-0.3, -0.25) is 10.1 Å². The summed E-state index contributed by atoms with van der Waals surface area (Å²) in [5.74, 6) is -0.176. The van der Waals surface area contributed by atoms with Crippen LogP contribution in [0, 0.1) is 13.8 Å². The molecule has 0 aliphatic carbocycles. The predicted molar refractivity (Wildman–Crippen MR) is 67.8 cm³/mol. The van der Waals surface area contributed by atoms with Gasteiger partial charge in [-0.15, -0.1) is 0 Å². The summed E-state index contributed by atoms with van der Waals surface area (Å²) in [6.07, 6.45) is 1.81. The van der Waals surface area contributed by atoms with Crippen LogP contribution in [0.3, 0.4) is 0 Å². The number of amides is 1. The van der Waals surface area contributed by atoms with E-state index in [9.17, 15) is 4.79 Å². The van der Waals surface area contributed by atoms with Crippen LogP contribution in [0.1, 0.15) is 16.7 Å². The summed E-state index contributed by atoms with van der Waals surface area (Å²) in [7, 11) is 0. The summed E-state index contributed by atoms with van der Waals surface area (Å²) in [5, 5.41) is 5.72. The van der Waals surface area contributed by atoms with Crippen molar-refractivity contribution in [2.45, 2.75) is 13.8 Å². The normalized spacial score (nSPS) is 17.5. The van der Waals surface area contributed by atoms with E-state index in [4.69, 9.17) is 12.2 Å². The Bertz CT molecular complexity index is 506. The van der Waals surface area contributed by atoms with Crippen molar-refractivity contribution in [1.29, 1.82) is 0 Å². The average Bonchev–Trinajstić information content (AvgIpc) is 2.50. The summed E-state index contributed by atoms with van der Waals surface area (Å²) in [4.78, 5) is 11.4. The lowest BCUT2D eigenvalue weighted by Crippen LogP contribution is -2.21. The van der Waals surface area contributed by atoms with Crippen molar-refractivity contribution in [2.24, 2.45) is 0 Å². The van der Waals surface area contributed by atoms with Gasteiger partial charge in [0.25, 0.3) is 5.91 Å². The lowest BCUT2D eigenvalue weighted by atomic mass is 10.0. The molecule has 0 spiro atoms. The third-order valence-corrected chi connectivity index (χ3v) is 2.65. The molecule has 1 aromatic rings. The minimum atomic E-state index is -0.176. The van der Waals surface area contributed by atoms with Crippen LogP contribution < -0.4 is 10.6 Å². The van der Waals surface area contributed by atoms with Crippen LogP contribution in [0.25, 0.3) is 6.08 Å². The van der Waals surface area contributed by atoms with Gasteiger partial charge in [-0.2, -0.15) is 0 Å². The number of aryl methyl sites for hydroxylation is 2. The van der Waals surface area contributed by atoms with E-state index < -0.39 is 0 Å². The first-order valence-electron chi connectivity index (χ1n) is 4.97. The van der Waals surface area contributed by atoms with Crippen molar-refractivity contribution in [2.75, 3.05) is 0 Å². The van der Waals surface area contributed by atoms with Crippen LogP contribution in [0.15, 0.2) is 23.9 Å². The smallest absolute Gasteiger partial charge is 0.273 e. The maximum atomic E-state index is 11.4. The zero-order valence-electron chi connectivity index (χ0n) is 9.13. The number of thiocarbonyl (C=S) groups is 1. The van der Waals surface area contributed by atoms with Gasteiger partial charge in [0.05, 0.1) is 0 Å². The highest BCUT2D eigenvalue weighted by Gasteiger charge is 2.19. The number of nitrogens with one attached hydrogen (secondary N) is 2. The monoisotopic (exact) mass is 232 g/mol. The molecule has 1 aliphatic heterocycles. The van der Waals surface area contributed by atoms with Crippen molar-refractivity contribution in [3.05, 3.63) is 40.6 Å². The van der Waals surface area contributed by atoms with E-state index in [1.807, 2.05) is 32.1 Å². The number of carbonyl (C=O) groups excluding carboxylic acids is 1. The van der Waals surface area contributed by atoms with Crippen molar-refractivity contribution < 1.29 is 4.79 Å². The second kappa shape index (κ2) is 4.06. The van der Waals surface area contributed by atoms with Crippen LogP contribution in [0.2, 0.25) is 0 Å². The summed E-state index contributed by atoms with van der Waals surface area (Å²) in [5.41, 5.74) is 3.86. The van der Waals surface area contributed by atoms with Crippen LogP contribution in [0.5, 0.6) is 0 Å². The van der Waals surface area contributed by atoms with Gasteiger partial charge in [0.1, 0.15) is 5.70 Å². The third-order valence-electron chi connectivity index (χ3n) is 2.45. The van der Waals surface area contributed by atoms with Crippen molar-refractivity contribution in [3.63, 3.8) is 0 Å². The van der Waals surface area contributed by atoms with Gasteiger partial charge < -0.3 is 5.32 Å². The van der Waals surface area contributed by atoms with Crippen LogP contribution in [-0.2, 0) is 4.79 Å². The van der Waals surface area contributed by atoms with Gasteiger partial charge in [0.15, 0.2) is 5.11 Å². The van der Waals surface area contributed by atoms with Gasteiger partial charge in [-0.1, -0.05) is 23.8 Å². The molecule has 2 N–H and O–H groups in total. The summed E-state index contributed by atoms with van der Waals surface area (Å²) in [6, 6.07) is 6.09. The molecule has 1 saturated heterocycles. The molecule has 0 unspecified atom stereocenters. The summed E-state index contributed by atoms with van der Waals surface area (Å²) < 4.78 is 0. The first-order chi connectivity index (χ1) is 7.56. The maximum absolute atomic E-state index is 11.4. The molecule has 1 fully saturated rings. The fourth-order valence-electron chi connectivity index (χ4n) is 1.63. The van der Waals surface area contributed by atoms with Gasteiger partial charge in [0, 0.05) is 0 Å². The van der Waals surface area contributed by atoms with Gasteiger partial charge in [-0.25, -0.2) is 0 Å². The topological polar surface area (TPSA) is 41.1 Å². The zero-order valence-corrected chi connectivity index (χ0v) is 9.94. The van der Waals surface area contributed by atoms with E-state index in [-0.39, 0.29) is 5.91 Å². The maximum Gasteiger partial charge on any atom is 0.273 e. The molecule has 0 bridgehead atoms. The average molecular weight is 232 g/mol. The largest absolute Gasteiger partial charge is 0.328 e. The fourth-order valence-corrected chi connectivity index (χ4v) is 1.83. The van der Waals surface area contributed by atoms with Crippen molar-refractivity contribution >= 4 is 29.3 Å². The summed E-state index contributed by atoms with van der Waals surface area (Å²) in [6.45, 7) is 4.06. The fraction of sp³-hybridized carbons (Fsp3) is 0.167. The second-order valence-corrected chi connectivity index (χ2v) is 4.23. The Labute approximate surface area is 99.5 Å². The standard InChI is InChI=1S/C12H12N2OS/c1-7-3-4-9(8(2)5-7)6-10-11(15)14-12(16)13-10/h3-6H,1-2H3,(H2,13,14,15,16)/b10-6+. The number of hydrogen-bond donors (Lipinski definition) is 2. The summed E-state index contributed by atoms with van der Waals surface area (Å²) >= 11 is 4.86. The Morgan fingerprint density at radius 3 is 2.56 bits per heavy atom. The van der Waals surface area contributed by atoms with E-state index >= 15 is 0 Å². The van der Waals surface area contributed by atoms with E-state index in [1.54, 1.807) is 0 Å². The number of rotatable bonds is 1. The minimum Gasteiger partial charge on any atom is -0.328 e. The quantitative estimate of drug-likeness (QED) is 0.571. The van der Waals surface area contributed by atoms with Gasteiger partial charge >= 0.3 is 0 Å². The molecule has 16 heavy (non-hydrogen) atoms. The molecular weight excluding hydrogens is 220 g/mol. The molecule has 82 valence electrons. The highest BCUT2D eigenvalue weighted by Crippen LogP contribution is 2.14. The molecule has 1 aliphatic rings. The van der Waals surface area contributed by atoms with E-state index in [2.05, 4.69) is 16.7 Å². The van der Waals surface area contributed by atoms with E-state index in [0.717, 1.165) is 11.1 Å². The SMILES string of the molecule is Cc1ccc(/C=C2/NC(=S)NC2=O)c(C)c1. The Morgan fingerprint density at radius 2 is 2.00 bits per heavy atom. The van der Waals surface area contributed by atoms with E-state index in [1.165, 1.54) is 5.56 Å². The molecule has 3 nitrogen and oxygen atoms in total. The Hall–Kier alpha value is -1.68. The molecule has 0 atom stereocenters. The van der Waals surface area contributed by atoms with Crippen LogP contribution >= 0.6 is 12.2 Å². The molecule has 0 radical (unpaired) electrons. The Morgan fingerprint density at radius 1 is 1.25 bits per heavy atom. The van der Waals surface area contributed by atoms with Crippen molar-refractivity contribution in [3.8, 4) is 0 Å². The lowest BCUT2D eigenvalue weighted by molar-refractivity contribution is -0.115. The Kier molecular flexibility index (Phi) is 2.75. The van der Waals surface area contributed by atoms with E-state index in [0.29, 0.717) is 10.8 Å². The zero-order chi connectivity index (χ0) is 11.7. The van der Waals surface area contributed by atoms with Gasteiger partial charge in [-0.05, 0) is 43.3 Å². The minimum absolute atomic E-state index is 0.176. The second-order valence-electron chi connectivity index (χ2n) is 3.83. The first-order valence-corrected chi connectivity index (χ1v) is 5.38. The van der Waals surface area contributed by atoms with Crippen LogP contribution in [0.4, 0.5) is 0 Å². The van der Waals surface area contributed by atoms with Gasteiger partial charge in [0.2, 0.25) is 0 Å². The first kappa shape index (κ1) is 10.8. The highest BCUT2D eigenvalue weighted by molar-refractivity contribution is 7.80. The molecule has 0 saturated carbocycles. The molecule has 0 aromatic heterocycles. The van der Waals surface area contributed by atoms with Crippen molar-refractivity contribution in [1.82, 2.24) is 10.6 Å². The number of benzene rings is 1. The number of carbonyl (C=O) groups is 1. The predicted octanol–water partition coefficient (Wildman–Crippen LogP) is 1.65. The molecule has 1 heterocycles. The highest BCUT2D eigenvalue weighted by atomic mass is 32.1. The molecule has 2 rings (SSSR count). The molecule has 4 heteroatoms. The molecular formula is C12H12N2OS. The molecule has 1 amide bonds. The van der Waals surface area contributed by atoms with Crippen LogP contribution in [-0.4, -0.2) is 11.0 Å². The third kappa shape index (κ3) is 2.12. The number of hydrogen-bond acceptors (Lipinski definition) is 2.